The van der Waals surface area contributed by atoms with Gasteiger partial charge in [-0.1, -0.05) is 18.2 Å². The van der Waals surface area contributed by atoms with Crippen molar-refractivity contribution < 1.29 is 12.8 Å². The number of halogens is 1. The number of nitrogens with one attached hydrogen (secondary N) is 1. The lowest BCUT2D eigenvalue weighted by Gasteiger charge is -2.11. The number of sulfonamides is 1. The van der Waals surface area contributed by atoms with Gasteiger partial charge in [-0.3, -0.25) is 4.72 Å². The molecule has 2 rings (SSSR count). The minimum atomic E-state index is -3.79. The van der Waals surface area contributed by atoms with Crippen LogP contribution in [0.4, 0.5) is 10.1 Å². The zero-order valence-corrected chi connectivity index (χ0v) is 11.7. The van der Waals surface area contributed by atoms with Crippen LogP contribution in [-0.4, -0.2) is 8.42 Å². The first-order chi connectivity index (χ1) is 9.42. The second-order valence-corrected chi connectivity index (χ2v) is 6.09. The summed E-state index contributed by atoms with van der Waals surface area (Å²) in [5.74, 6) is -0.491. The molecule has 0 atom stereocenters. The maximum absolute atomic E-state index is 13.3. The highest BCUT2D eigenvalue weighted by molar-refractivity contribution is 7.92. The lowest BCUT2D eigenvalue weighted by molar-refractivity contribution is 0.600. The van der Waals surface area contributed by atoms with Gasteiger partial charge in [-0.05, 0) is 42.3 Å². The molecule has 20 heavy (non-hydrogen) atoms. The Morgan fingerprint density at radius 3 is 2.55 bits per heavy atom. The van der Waals surface area contributed by atoms with Crippen molar-refractivity contribution in [2.75, 3.05) is 4.72 Å². The third-order valence-corrected chi connectivity index (χ3v) is 4.26. The van der Waals surface area contributed by atoms with Gasteiger partial charge < -0.3 is 5.73 Å². The molecule has 0 heterocycles. The van der Waals surface area contributed by atoms with Crippen LogP contribution in [0.25, 0.3) is 0 Å². The van der Waals surface area contributed by atoms with Crippen LogP contribution < -0.4 is 10.5 Å². The Kier molecular flexibility index (Phi) is 4.06. The number of nitrogens with two attached hydrogens (primary N) is 1. The molecule has 0 aromatic heterocycles. The first-order valence-electron chi connectivity index (χ1n) is 6.00. The van der Waals surface area contributed by atoms with Crippen LogP contribution in [-0.2, 0) is 16.6 Å². The summed E-state index contributed by atoms with van der Waals surface area (Å²) in [6.07, 6.45) is 0. The van der Waals surface area contributed by atoms with Crippen molar-refractivity contribution in [2.24, 2.45) is 5.73 Å². The summed E-state index contributed by atoms with van der Waals surface area (Å²) in [5.41, 5.74) is 6.87. The van der Waals surface area contributed by atoms with E-state index in [9.17, 15) is 12.8 Å². The molecule has 106 valence electrons. The third kappa shape index (κ3) is 3.15. The van der Waals surface area contributed by atoms with Crippen molar-refractivity contribution in [1.29, 1.82) is 0 Å². The number of benzene rings is 2. The normalized spacial score (nSPS) is 11.3. The maximum atomic E-state index is 13.3. The minimum Gasteiger partial charge on any atom is -0.326 e. The van der Waals surface area contributed by atoms with Gasteiger partial charge in [0.25, 0.3) is 10.0 Å². The Morgan fingerprint density at radius 2 is 1.90 bits per heavy atom. The Labute approximate surface area is 117 Å². The Morgan fingerprint density at radius 1 is 1.20 bits per heavy atom. The van der Waals surface area contributed by atoms with E-state index < -0.39 is 15.8 Å². The van der Waals surface area contributed by atoms with Crippen LogP contribution in [0, 0.1) is 12.7 Å². The maximum Gasteiger partial charge on any atom is 0.262 e. The molecule has 3 N–H and O–H groups in total. The van der Waals surface area contributed by atoms with Crippen molar-refractivity contribution in [3.05, 3.63) is 59.4 Å². The minimum absolute atomic E-state index is 0.101. The fourth-order valence-electron chi connectivity index (χ4n) is 1.94. The van der Waals surface area contributed by atoms with E-state index in [1.54, 1.807) is 31.2 Å². The van der Waals surface area contributed by atoms with E-state index in [1.165, 1.54) is 12.1 Å². The van der Waals surface area contributed by atoms with Gasteiger partial charge in [-0.2, -0.15) is 0 Å². The van der Waals surface area contributed by atoms with Gasteiger partial charge in [0.05, 0.1) is 10.6 Å². The molecule has 0 fully saturated rings. The molecule has 0 radical (unpaired) electrons. The quantitative estimate of drug-likeness (QED) is 0.909. The summed E-state index contributed by atoms with van der Waals surface area (Å²) in [6.45, 7) is 1.80. The topological polar surface area (TPSA) is 72.2 Å². The predicted molar refractivity (Wildman–Crippen MR) is 76.3 cm³/mol. The van der Waals surface area contributed by atoms with Crippen LogP contribution >= 0.6 is 0 Å². The van der Waals surface area contributed by atoms with E-state index in [4.69, 9.17) is 5.73 Å². The second-order valence-electron chi connectivity index (χ2n) is 4.43. The number of aryl methyl sites for hydroxylation is 1. The van der Waals surface area contributed by atoms with E-state index in [2.05, 4.69) is 4.72 Å². The smallest absolute Gasteiger partial charge is 0.262 e. The van der Waals surface area contributed by atoms with E-state index in [0.29, 0.717) is 11.1 Å². The molecule has 0 amide bonds. The van der Waals surface area contributed by atoms with Crippen LogP contribution in [0.15, 0.2) is 47.4 Å². The summed E-state index contributed by atoms with van der Waals surface area (Å²) in [6, 6.07) is 10.5. The highest BCUT2D eigenvalue weighted by atomic mass is 32.2. The van der Waals surface area contributed by atoms with Crippen LogP contribution in [0.5, 0.6) is 0 Å². The van der Waals surface area contributed by atoms with Gasteiger partial charge in [0, 0.05) is 6.54 Å². The molecule has 0 unspecified atom stereocenters. The summed E-state index contributed by atoms with van der Waals surface area (Å²) in [5, 5.41) is 0. The molecule has 0 aliphatic rings. The van der Waals surface area contributed by atoms with E-state index >= 15 is 0 Å². The van der Waals surface area contributed by atoms with Crippen molar-refractivity contribution in [2.45, 2.75) is 18.4 Å². The van der Waals surface area contributed by atoms with Gasteiger partial charge in [-0.25, -0.2) is 12.8 Å². The number of hydrogen-bond acceptors (Lipinski definition) is 3. The highest BCUT2D eigenvalue weighted by Gasteiger charge is 2.17. The molecule has 0 aliphatic heterocycles. The Bertz CT molecular complexity index is 709. The lowest BCUT2D eigenvalue weighted by atomic mass is 10.2. The summed E-state index contributed by atoms with van der Waals surface area (Å²) in [7, 11) is -3.79. The summed E-state index contributed by atoms with van der Waals surface area (Å²) >= 11 is 0. The molecule has 4 nitrogen and oxygen atoms in total. The second kappa shape index (κ2) is 5.60. The first-order valence-corrected chi connectivity index (χ1v) is 7.48. The van der Waals surface area contributed by atoms with Gasteiger partial charge in [0.1, 0.15) is 5.82 Å². The SMILES string of the molecule is Cc1cc(F)cc(NS(=O)(=O)c2ccccc2CN)c1. The summed E-state index contributed by atoms with van der Waals surface area (Å²) < 4.78 is 40.3. The van der Waals surface area contributed by atoms with E-state index in [-0.39, 0.29) is 17.1 Å². The molecule has 0 saturated carbocycles. The standard InChI is InChI=1S/C14H15FN2O2S/c1-10-6-12(15)8-13(7-10)17-20(18,19)14-5-3-2-4-11(14)9-16/h2-8,17H,9,16H2,1H3. The van der Waals surface area contributed by atoms with Gasteiger partial charge in [0.2, 0.25) is 0 Å². The monoisotopic (exact) mass is 294 g/mol. The van der Waals surface area contributed by atoms with Crippen LogP contribution in [0.1, 0.15) is 11.1 Å². The third-order valence-electron chi connectivity index (χ3n) is 2.78. The van der Waals surface area contributed by atoms with Crippen LogP contribution in [0.3, 0.4) is 0 Å². The zero-order chi connectivity index (χ0) is 14.8. The number of rotatable bonds is 4. The number of anilines is 1. The highest BCUT2D eigenvalue weighted by Crippen LogP contribution is 2.21. The summed E-state index contributed by atoms with van der Waals surface area (Å²) in [4.78, 5) is 0.101. The Hall–Kier alpha value is -1.92. The molecule has 6 heteroatoms. The van der Waals surface area contributed by atoms with Crippen LogP contribution in [0.2, 0.25) is 0 Å². The molecule has 0 saturated heterocycles. The van der Waals surface area contributed by atoms with Gasteiger partial charge >= 0.3 is 0 Å². The average Bonchev–Trinajstić information content (AvgIpc) is 2.36. The lowest BCUT2D eigenvalue weighted by Crippen LogP contribution is -2.16. The molecule has 0 spiro atoms. The molecule has 0 aliphatic carbocycles. The van der Waals surface area contributed by atoms with E-state index in [0.717, 1.165) is 6.07 Å². The largest absolute Gasteiger partial charge is 0.326 e. The molecule has 0 bridgehead atoms. The van der Waals surface area contributed by atoms with Crippen molar-refractivity contribution >= 4 is 15.7 Å². The zero-order valence-electron chi connectivity index (χ0n) is 10.9. The fourth-order valence-corrected chi connectivity index (χ4v) is 3.23. The molecular weight excluding hydrogens is 279 g/mol. The fraction of sp³-hybridized carbons (Fsp3) is 0.143. The average molecular weight is 294 g/mol. The van der Waals surface area contributed by atoms with Gasteiger partial charge in [-0.15, -0.1) is 0 Å². The van der Waals surface area contributed by atoms with Gasteiger partial charge in [0.15, 0.2) is 0 Å². The molecular formula is C14H15FN2O2S. The van der Waals surface area contributed by atoms with E-state index in [1.807, 2.05) is 0 Å². The predicted octanol–water partition coefficient (Wildman–Crippen LogP) is 2.39. The van der Waals surface area contributed by atoms with Crippen molar-refractivity contribution in [3.63, 3.8) is 0 Å². The first kappa shape index (κ1) is 14.5. The van der Waals surface area contributed by atoms with Crippen molar-refractivity contribution in [1.82, 2.24) is 0 Å². The number of hydrogen-bond donors (Lipinski definition) is 2. The Balaban J connectivity index is 2.41. The molecule has 2 aromatic carbocycles. The molecule has 2 aromatic rings. The van der Waals surface area contributed by atoms with Crippen molar-refractivity contribution in [3.8, 4) is 0 Å².